The fourth-order valence-electron chi connectivity index (χ4n) is 2.85. The van der Waals surface area contributed by atoms with Crippen molar-refractivity contribution in [3.63, 3.8) is 0 Å². The van der Waals surface area contributed by atoms with Crippen LogP contribution in [0.25, 0.3) is 11.1 Å². The molecule has 1 aliphatic carbocycles. The van der Waals surface area contributed by atoms with Crippen molar-refractivity contribution in [2.24, 2.45) is 0 Å². The Bertz CT molecular complexity index is 1010. The first-order valence-corrected chi connectivity index (χ1v) is 9.02. The van der Waals surface area contributed by atoms with Gasteiger partial charge >= 0.3 is 5.69 Å². The Kier molecular flexibility index (Phi) is 4.76. The molecule has 0 atom stereocenters. The number of carbonyl (C=O) groups excluding carboxylic acids is 1. The summed E-state index contributed by atoms with van der Waals surface area (Å²) in [4.78, 5) is 23.3. The van der Waals surface area contributed by atoms with Gasteiger partial charge in [0.15, 0.2) is 5.75 Å². The number of ether oxygens (including phenoxy) is 1. The molecule has 3 aromatic carbocycles. The Balaban J connectivity index is 1.50. The highest BCUT2D eigenvalue weighted by Gasteiger charge is 2.28. The summed E-state index contributed by atoms with van der Waals surface area (Å²) in [7, 11) is 0. The molecule has 1 N–H and O–H groups in total. The summed E-state index contributed by atoms with van der Waals surface area (Å²) in [6, 6.07) is 21.6. The Labute approximate surface area is 161 Å². The molecule has 28 heavy (non-hydrogen) atoms. The second-order valence-corrected chi connectivity index (χ2v) is 6.65. The maximum Gasteiger partial charge on any atom is 0.311 e. The van der Waals surface area contributed by atoms with Gasteiger partial charge in [-0.05, 0) is 48.2 Å². The van der Waals surface area contributed by atoms with E-state index in [-0.39, 0.29) is 23.1 Å². The van der Waals surface area contributed by atoms with Crippen LogP contribution in [-0.2, 0) is 0 Å². The molecule has 0 radical (unpaired) electrons. The molecule has 6 nitrogen and oxygen atoms in total. The molecule has 1 saturated carbocycles. The van der Waals surface area contributed by atoms with Crippen LogP contribution in [0.1, 0.15) is 23.2 Å². The van der Waals surface area contributed by atoms with Gasteiger partial charge in [0.25, 0.3) is 5.91 Å². The van der Waals surface area contributed by atoms with E-state index in [0.717, 1.165) is 24.0 Å². The smallest absolute Gasteiger partial charge is 0.311 e. The van der Waals surface area contributed by atoms with Crippen molar-refractivity contribution in [2.75, 3.05) is 5.32 Å². The average Bonchev–Trinajstić information content (AvgIpc) is 3.53. The molecular formula is C22H18N2O4. The number of rotatable bonds is 6. The maximum atomic E-state index is 12.5. The molecule has 1 aliphatic rings. The summed E-state index contributed by atoms with van der Waals surface area (Å²) in [5.74, 6) is -0.204. The van der Waals surface area contributed by atoms with Crippen molar-refractivity contribution in [2.45, 2.75) is 18.9 Å². The molecule has 0 heterocycles. The summed E-state index contributed by atoms with van der Waals surface area (Å²) < 4.78 is 5.55. The number of carbonyl (C=O) groups is 1. The number of nitro groups is 1. The van der Waals surface area contributed by atoms with Gasteiger partial charge in [-0.25, -0.2) is 0 Å². The second kappa shape index (κ2) is 7.52. The summed E-state index contributed by atoms with van der Waals surface area (Å²) in [6.07, 6.45) is 1.85. The first-order chi connectivity index (χ1) is 13.6. The molecule has 6 heteroatoms. The average molecular weight is 374 g/mol. The Morgan fingerprint density at radius 1 is 0.964 bits per heavy atom. The SMILES string of the molecule is O=C(Nc1ccc(-c2ccccc2)cc1)c1ccc(OC2CC2)c([N+](=O)[O-])c1. The minimum absolute atomic E-state index is 0.0431. The maximum absolute atomic E-state index is 12.5. The first kappa shape index (κ1) is 17.7. The topological polar surface area (TPSA) is 81.5 Å². The zero-order valence-corrected chi connectivity index (χ0v) is 15.0. The van der Waals surface area contributed by atoms with E-state index in [1.807, 2.05) is 42.5 Å². The quantitative estimate of drug-likeness (QED) is 0.483. The van der Waals surface area contributed by atoms with Crippen molar-refractivity contribution >= 4 is 17.3 Å². The van der Waals surface area contributed by atoms with Gasteiger partial charge < -0.3 is 10.1 Å². The van der Waals surface area contributed by atoms with Gasteiger partial charge in [0.05, 0.1) is 11.0 Å². The van der Waals surface area contributed by atoms with E-state index in [9.17, 15) is 14.9 Å². The molecule has 140 valence electrons. The molecular weight excluding hydrogens is 356 g/mol. The van der Waals surface area contributed by atoms with Crippen LogP contribution in [0.4, 0.5) is 11.4 Å². The van der Waals surface area contributed by atoms with Crippen LogP contribution in [0.5, 0.6) is 5.75 Å². The van der Waals surface area contributed by atoms with E-state index in [1.165, 1.54) is 12.1 Å². The van der Waals surface area contributed by atoms with Crippen molar-refractivity contribution < 1.29 is 14.5 Å². The number of nitro benzene ring substituents is 1. The fraction of sp³-hybridized carbons (Fsp3) is 0.136. The predicted molar refractivity (Wildman–Crippen MR) is 107 cm³/mol. The highest BCUT2D eigenvalue weighted by Crippen LogP contribution is 2.34. The molecule has 0 bridgehead atoms. The van der Waals surface area contributed by atoms with E-state index in [4.69, 9.17) is 4.74 Å². The Hall–Kier alpha value is -3.67. The number of nitrogens with zero attached hydrogens (tertiary/aromatic N) is 1. The molecule has 0 spiro atoms. The van der Waals surface area contributed by atoms with Gasteiger partial charge in [-0.15, -0.1) is 0 Å². The highest BCUT2D eigenvalue weighted by atomic mass is 16.6. The zero-order chi connectivity index (χ0) is 19.5. The lowest BCUT2D eigenvalue weighted by atomic mass is 10.1. The van der Waals surface area contributed by atoms with Crippen LogP contribution in [-0.4, -0.2) is 16.9 Å². The van der Waals surface area contributed by atoms with Crippen molar-refractivity contribution in [3.8, 4) is 16.9 Å². The van der Waals surface area contributed by atoms with E-state index < -0.39 is 10.8 Å². The summed E-state index contributed by atoms with van der Waals surface area (Å²) in [5, 5.41) is 14.1. The summed E-state index contributed by atoms with van der Waals surface area (Å²) in [6.45, 7) is 0. The van der Waals surface area contributed by atoms with Crippen LogP contribution in [0.3, 0.4) is 0 Å². The van der Waals surface area contributed by atoms with Gasteiger partial charge in [0.1, 0.15) is 0 Å². The van der Waals surface area contributed by atoms with E-state index in [2.05, 4.69) is 5.32 Å². The van der Waals surface area contributed by atoms with Gasteiger partial charge in [0.2, 0.25) is 0 Å². The van der Waals surface area contributed by atoms with Gasteiger partial charge in [-0.2, -0.15) is 0 Å². The van der Waals surface area contributed by atoms with E-state index in [1.54, 1.807) is 18.2 Å². The Morgan fingerprint density at radius 3 is 2.29 bits per heavy atom. The Morgan fingerprint density at radius 2 is 1.64 bits per heavy atom. The van der Waals surface area contributed by atoms with Crippen molar-refractivity contribution in [3.05, 3.63) is 88.5 Å². The molecule has 4 rings (SSSR count). The first-order valence-electron chi connectivity index (χ1n) is 9.02. The number of hydrogen-bond donors (Lipinski definition) is 1. The van der Waals surface area contributed by atoms with Crippen LogP contribution < -0.4 is 10.1 Å². The molecule has 3 aromatic rings. The summed E-state index contributed by atoms with van der Waals surface area (Å²) in [5.41, 5.74) is 2.75. The number of anilines is 1. The number of hydrogen-bond acceptors (Lipinski definition) is 4. The molecule has 0 aromatic heterocycles. The highest BCUT2D eigenvalue weighted by molar-refractivity contribution is 6.05. The molecule has 0 unspecified atom stereocenters. The van der Waals surface area contributed by atoms with E-state index in [0.29, 0.717) is 5.69 Å². The van der Waals surface area contributed by atoms with Gasteiger partial charge in [-0.3, -0.25) is 14.9 Å². The normalized spacial score (nSPS) is 13.0. The third-order valence-corrected chi connectivity index (χ3v) is 4.49. The number of nitrogens with one attached hydrogen (secondary N) is 1. The van der Waals surface area contributed by atoms with Crippen LogP contribution >= 0.6 is 0 Å². The third-order valence-electron chi connectivity index (χ3n) is 4.49. The lowest BCUT2D eigenvalue weighted by Crippen LogP contribution is -2.12. The molecule has 0 saturated heterocycles. The number of amides is 1. The minimum atomic E-state index is -0.525. The molecule has 1 fully saturated rings. The summed E-state index contributed by atoms with van der Waals surface area (Å²) >= 11 is 0. The monoisotopic (exact) mass is 374 g/mol. The minimum Gasteiger partial charge on any atom is -0.483 e. The standard InChI is InChI=1S/C22H18N2O4/c25-22(17-8-13-21(28-19-11-12-19)20(14-17)24(26)27)23-18-9-6-16(7-10-18)15-4-2-1-3-5-15/h1-10,13-14,19H,11-12H2,(H,23,25). The lowest BCUT2D eigenvalue weighted by Gasteiger charge is -2.09. The van der Waals surface area contributed by atoms with E-state index >= 15 is 0 Å². The largest absolute Gasteiger partial charge is 0.483 e. The van der Waals surface area contributed by atoms with Crippen molar-refractivity contribution in [1.29, 1.82) is 0 Å². The third kappa shape index (κ3) is 4.01. The van der Waals surface area contributed by atoms with Crippen LogP contribution in [0.15, 0.2) is 72.8 Å². The van der Waals surface area contributed by atoms with Crippen LogP contribution in [0, 0.1) is 10.1 Å². The number of benzene rings is 3. The zero-order valence-electron chi connectivity index (χ0n) is 15.0. The van der Waals surface area contributed by atoms with Gasteiger partial charge in [-0.1, -0.05) is 42.5 Å². The van der Waals surface area contributed by atoms with Gasteiger partial charge in [0, 0.05) is 17.3 Å². The fourth-order valence-corrected chi connectivity index (χ4v) is 2.85. The second-order valence-electron chi connectivity index (χ2n) is 6.65. The van der Waals surface area contributed by atoms with Crippen molar-refractivity contribution in [1.82, 2.24) is 0 Å². The predicted octanol–water partition coefficient (Wildman–Crippen LogP) is 5.06. The molecule has 0 aliphatic heterocycles. The van der Waals surface area contributed by atoms with Crippen LogP contribution in [0.2, 0.25) is 0 Å². The lowest BCUT2D eigenvalue weighted by molar-refractivity contribution is -0.386. The molecule has 1 amide bonds.